The van der Waals surface area contributed by atoms with E-state index in [2.05, 4.69) is 9.88 Å². The van der Waals surface area contributed by atoms with Crippen molar-refractivity contribution in [3.05, 3.63) is 39.6 Å². The molecule has 3 saturated carbocycles. The van der Waals surface area contributed by atoms with Gasteiger partial charge in [-0.1, -0.05) is 98.6 Å². The molecule has 1 atom stereocenters. The smallest absolute Gasteiger partial charge is 0.261 e. The average Bonchev–Trinajstić information content (AvgIpc) is 3.62. The number of hydrogen-bond acceptors (Lipinski definition) is 4. The molecule has 1 heterocycles. The van der Waals surface area contributed by atoms with Gasteiger partial charge in [0.1, 0.15) is 11.5 Å². The van der Waals surface area contributed by atoms with Crippen molar-refractivity contribution in [3.63, 3.8) is 0 Å². The van der Waals surface area contributed by atoms with Gasteiger partial charge in [0.2, 0.25) is 5.91 Å². The molecule has 0 aliphatic heterocycles. The number of halogens is 2. The number of rotatable bonds is 7. The molecule has 6 nitrogen and oxygen atoms in total. The van der Waals surface area contributed by atoms with E-state index in [1.807, 2.05) is 18.2 Å². The molecule has 3 fully saturated rings. The lowest BCUT2D eigenvalue weighted by molar-refractivity contribution is -0.123. The van der Waals surface area contributed by atoms with E-state index in [0.717, 1.165) is 86.6 Å². The zero-order valence-corrected chi connectivity index (χ0v) is 24.8. The highest BCUT2D eigenvalue weighted by molar-refractivity contribution is 7.77. The molecule has 9 heteroatoms. The lowest BCUT2D eigenvalue weighted by atomic mass is 9.73. The zero-order chi connectivity index (χ0) is 27.4. The van der Waals surface area contributed by atoms with Crippen LogP contribution in [0.3, 0.4) is 0 Å². The zero-order valence-electron chi connectivity index (χ0n) is 22.5. The van der Waals surface area contributed by atoms with Crippen molar-refractivity contribution < 1.29 is 18.1 Å². The summed E-state index contributed by atoms with van der Waals surface area (Å²) in [5.74, 6) is 3.22. The van der Waals surface area contributed by atoms with Crippen LogP contribution in [0, 0.1) is 23.7 Å². The third-order valence-corrected chi connectivity index (χ3v) is 10.3. The third-order valence-electron chi connectivity index (χ3n) is 9.31. The van der Waals surface area contributed by atoms with E-state index in [0.29, 0.717) is 21.9 Å². The van der Waals surface area contributed by atoms with Crippen LogP contribution >= 0.6 is 23.2 Å². The number of amides is 1. The average molecular weight is 596 g/mol. The summed E-state index contributed by atoms with van der Waals surface area (Å²) >= 11 is 10.9. The van der Waals surface area contributed by atoms with E-state index in [9.17, 15) is 9.00 Å². The Labute approximate surface area is 244 Å². The predicted octanol–water partition coefficient (Wildman–Crippen LogP) is 8.49. The molecule has 39 heavy (non-hydrogen) atoms. The first kappa shape index (κ1) is 29.1. The largest absolute Gasteiger partial charge is 0.360 e. The van der Waals surface area contributed by atoms with Gasteiger partial charge in [-0.15, -0.1) is 0 Å². The Morgan fingerprint density at radius 2 is 1.49 bits per heavy atom. The fourth-order valence-corrected chi connectivity index (χ4v) is 8.06. The molecule has 0 bridgehead atoms. The second-order valence-electron chi connectivity index (χ2n) is 12.0. The molecule has 1 aromatic carbocycles. The fraction of sp³-hybridized carbons (Fsp3) is 0.667. The fourth-order valence-electron chi connectivity index (χ4n) is 7.14. The Bertz CT molecular complexity index is 1130. The molecular formula is C30H40Cl2N2O4S. The number of carbonyl (C=O) groups is 1. The first-order valence-electron chi connectivity index (χ1n) is 14.7. The first-order valence-corrected chi connectivity index (χ1v) is 16.6. The number of benzene rings is 1. The number of carbonyl (C=O) groups excluding carboxylic acids is 1. The van der Waals surface area contributed by atoms with Crippen molar-refractivity contribution in [2.24, 2.45) is 23.7 Å². The molecule has 3 aliphatic rings. The van der Waals surface area contributed by atoms with Gasteiger partial charge in [-0.05, 0) is 62.0 Å². The van der Waals surface area contributed by atoms with Gasteiger partial charge < -0.3 is 4.52 Å². The van der Waals surface area contributed by atoms with Gasteiger partial charge in [0.25, 0.3) is 11.3 Å². The minimum absolute atomic E-state index is 0.136. The molecule has 1 unspecified atom stereocenters. The summed E-state index contributed by atoms with van der Waals surface area (Å²) in [5, 5.41) is 5.74. The van der Waals surface area contributed by atoms with Gasteiger partial charge in [0, 0.05) is 23.0 Å². The molecule has 0 saturated heterocycles. The monoisotopic (exact) mass is 594 g/mol. The number of aromatic nitrogens is 1. The van der Waals surface area contributed by atoms with Crippen molar-refractivity contribution in [3.8, 4) is 11.3 Å². The Balaban J connectivity index is 1.18. The Kier molecular flexibility index (Phi) is 10.1. The van der Waals surface area contributed by atoms with E-state index >= 15 is 0 Å². The minimum atomic E-state index is -2.27. The third kappa shape index (κ3) is 7.46. The highest BCUT2D eigenvalue weighted by Gasteiger charge is 2.35. The van der Waals surface area contributed by atoms with Crippen molar-refractivity contribution in [2.75, 3.05) is 0 Å². The highest BCUT2D eigenvalue weighted by Crippen LogP contribution is 2.47. The highest BCUT2D eigenvalue weighted by atomic mass is 35.5. The van der Waals surface area contributed by atoms with Crippen LogP contribution in [0.1, 0.15) is 107 Å². The number of nitrogens with one attached hydrogen (secondary N) is 1. The number of hydrogen-bond donors (Lipinski definition) is 2. The van der Waals surface area contributed by atoms with Gasteiger partial charge in [-0.3, -0.25) is 14.1 Å². The van der Waals surface area contributed by atoms with Gasteiger partial charge >= 0.3 is 0 Å². The van der Waals surface area contributed by atoms with E-state index in [-0.39, 0.29) is 11.8 Å². The van der Waals surface area contributed by atoms with Gasteiger partial charge in [0.05, 0.1) is 10.0 Å². The van der Waals surface area contributed by atoms with E-state index in [1.165, 1.54) is 44.1 Å². The van der Waals surface area contributed by atoms with Crippen LogP contribution in [0.15, 0.2) is 22.7 Å². The summed E-state index contributed by atoms with van der Waals surface area (Å²) in [6, 6.07) is 5.61. The SMILES string of the molecule is O=C(NS(=O)O)C1CCCC(C2CCCC(Cc3c(-c4c(Cl)cccc4Cl)noc3C3CC3)CCC2)CCC1. The second-order valence-corrected chi connectivity index (χ2v) is 13.5. The maximum atomic E-state index is 12.2. The summed E-state index contributed by atoms with van der Waals surface area (Å²) in [4.78, 5) is 12.2. The maximum absolute atomic E-state index is 12.2. The van der Waals surface area contributed by atoms with E-state index < -0.39 is 11.3 Å². The summed E-state index contributed by atoms with van der Waals surface area (Å²) in [6.07, 6.45) is 16.8. The van der Waals surface area contributed by atoms with Crippen LogP contribution in [0.5, 0.6) is 0 Å². The lowest BCUT2D eigenvalue weighted by Gasteiger charge is -2.33. The summed E-state index contributed by atoms with van der Waals surface area (Å²) < 4.78 is 28.0. The topological polar surface area (TPSA) is 92.4 Å². The second kappa shape index (κ2) is 13.5. The van der Waals surface area contributed by atoms with Crippen molar-refractivity contribution in [2.45, 2.75) is 102 Å². The predicted molar refractivity (Wildman–Crippen MR) is 156 cm³/mol. The van der Waals surface area contributed by atoms with Gasteiger partial charge in [0.15, 0.2) is 0 Å². The van der Waals surface area contributed by atoms with Crippen molar-refractivity contribution in [1.29, 1.82) is 0 Å². The summed E-state index contributed by atoms with van der Waals surface area (Å²) in [7, 11) is 0. The van der Waals surface area contributed by atoms with E-state index in [1.54, 1.807) is 0 Å². The molecule has 2 aromatic rings. The van der Waals surface area contributed by atoms with Crippen LogP contribution in [0.4, 0.5) is 0 Å². The van der Waals surface area contributed by atoms with E-state index in [4.69, 9.17) is 32.3 Å². The Morgan fingerprint density at radius 1 is 0.923 bits per heavy atom. The molecule has 214 valence electrons. The standard InChI is InChI=1S/C30H40Cl2N2O4S/c31-25-14-5-15-26(32)27(25)28-24(29(38-33-28)22-16-17-22)18-19-6-1-8-20(9-2-7-19)21-10-3-12-23(13-4-11-21)30(35)34-39(36)37/h5,14-15,19-23H,1-4,6-13,16-18H2,(H,34,35)(H,36,37). The van der Waals surface area contributed by atoms with Crippen molar-refractivity contribution >= 4 is 40.4 Å². The van der Waals surface area contributed by atoms with Crippen LogP contribution in [-0.2, 0) is 22.5 Å². The van der Waals surface area contributed by atoms with Crippen LogP contribution < -0.4 is 4.72 Å². The number of nitrogens with zero attached hydrogens (tertiary/aromatic N) is 1. The summed E-state index contributed by atoms with van der Waals surface area (Å²) in [6.45, 7) is 0. The maximum Gasteiger partial charge on any atom is 0.261 e. The first-order chi connectivity index (χ1) is 18.9. The van der Waals surface area contributed by atoms with Gasteiger partial charge in [-0.2, -0.15) is 0 Å². The quantitative estimate of drug-likeness (QED) is 0.313. The lowest BCUT2D eigenvalue weighted by Crippen LogP contribution is -2.33. The van der Waals surface area contributed by atoms with Crippen LogP contribution in [0.2, 0.25) is 10.0 Å². The molecular weight excluding hydrogens is 555 g/mol. The molecule has 2 N–H and O–H groups in total. The van der Waals surface area contributed by atoms with Crippen LogP contribution in [0.25, 0.3) is 11.3 Å². The van der Waals surface area contributed by atoms with Crippen LogP contribution in [-0.4, -0.2) is 19.8 Å². The molecule has 1 amide bonds. The van der Waals surface area contributed by atoms with Gasteiger partial charge in [-0.25, -0.2) is 4.21 Å². The molecule has 1 aromatic heterocycles. The Hall–Kier alpha value is -1.41. The molecule has 3 aliphatic carbocycles. The molecule has 5 rings (SSSR count). The molecule has 0 spiro atoms. The Morgan fingerprint density at radius 3 is 2.03 bits per heavy atom. The minimum Gasteiger partial charge on any atom is -0.360 e. The normalized spacial score (nSPS) is 27.6. The summed E-state index contributed by atoms with van der Waals surface area (Å²) in [5.41, 5.74) is 2.85. The van der Waals surface area contributed by atoms with Crippen molar-refractivity contribution in [1.82, 2.24) is 9.88 Å². The molecule has 0 radical (unpaired) electrons.